The Kier molecular flexibility index (Phi) is 33.3. The van der Waals surface area contributed by atoms with Crippen LogP contribution in [0.4, 0.5) is 0 Å². The number of esters is 1. The van der Waals surface area contributed by atoms with Crippen LogP contribution >= 0.6 is 0 Å². The van der Waals surface area contributed by atoms with Gasteiger partial charge in [0.2, 0.25) is 0 Å². The van der Waals surface area contributed by atoms with Crippen molar-refractivity contribution in [1.82, 2.24) is 14.7 Å². The summed E-state index contributed by atoms with van der Waals surface area (Å²) in [5, 5.41) is 15.4. The molecule has 0 fully saturated rings. The van der Waals surface area contributed by atoms with Crippen LogP contribution in [0.1, 0.15) is 226 Å². The number of aliphatic hydroxyl groups excluding tert-OH is 1. The van der Waals surface area contributed by atoms with Gasteiger partial charge >= 0.3 is 5.97 Å². The minimum absolute atomic E-state index is 0.0217. The molecule has 0 aromatic carbocycles. The maximum absolute atomic E-state index is 12.8. The molecule has 0 aliphatic heterocycles. The first kappa shape index (κ1) is 47.6. The van der Waals surface area contributed by atoms with Crippen LogP contribution in [-0.4, -0.2) is 57.6 Å². The van der Waals surface area contributed by atoms with Gasteiger partial charge in [0, 0.05) is 31.4 Å². The van der Waals surface area contributed by atoms with Gasteiger partial charge in [-0.1, -0.05) is 168 Å². The Balaban J connectivity index is 2.33. The SMILES string of the molecule is CCCCCCCCCCCCC(O)CN(CCCCCCCC(=O)OC(CCCCCCCC)CCCCCCCC)CCn1nccc1C. The number of aliphatic hydroxyl groups is 1. The monoisotopic (exact) mass is 718 g/mol. The largest absolute Gasteiger partial charge is 0.462 e. The quantitative estimate of drug-likeness (QED) is 0.0542. The fourth-order valence-corrected chi connectivity index (χ4v) is 7.37. The second kappa shape index (κ2) is 35.6. The lowest BCUT2D eigenvalue weighted by Crippen LogP contribution is -2.36. The van der Waals surface area contributed by atoms with Crippen molar-refractivity contribution < 1.29 is 14.6 Å². The van der Waals surface area contributed by atoms with Crippen LogP contribution in [0.2, 0.25) is 0 Å². The molecule has 1 N–H and O–H groups in total. The van der Waals surface area contributed by atoms with E-state index in [0.29, 0.717) is 6.42 Å². The number of carbonyl (C=O) groups is 1. The maximum atomic E-state index is 12.8. The Morgan fingerprint density at radius 2 is 1.10 bits per heavy atom. The molecule has 1 aromatic rings. The first-order chi connectivity index (χ1) is 25.0. The number of aryl methyl sites for hydroxylation is 1. The van der Waals surface area contributed by atoms with Crippen molar-refractivity contribution in [3.63, 3.8) is 0 Å². The van der Waals surface area contributed by atoms with E-state index in [1.165, 1.54) is 147 Å². The fourth-order valence-electron chi connectivity index (χ4n) is 7.37. The number of aromatic nitrogens is 2. The zero-order chi connectivity index (χ0) is 37.0. The van der Waals surface area contributed by atoms with E-state index in [2.05, 4.69) is 48.4 Å². The number of hydrogen-bond acceptors (Lipinski definition) is 5. The lowest BCUT2D eigenvalue weighted by atomic mass is 10.0. The average molecular weight is 718 g/mol. The number of hydrogen-bond donors (Lipinski definition) is 1. The van der Waals surface area contributed by atoms with Crippen LogP contribution in [0, 0.1) is 6.92 Å². The Labute approximate surface area is 317 Å². The van der Waals surface area contributed by atoms with Gasteiger partial charge in [-0.3, -0.25) is 14.4 Å². The molecular weight excluding hydrogens is 631 g/mol. The van der Waals surface area contributed by atoms with Crippen molar-refractivity contribution in [2.75, 3.05) is 19.6 Å². The van der Waals surface area contributed by atoms with Crippen molar-refractivity contribution in [2.24, 2.45) is 0 Å². The van der Waals surface area contributed by atoms with Crippen LogP contribution in [0.3, 0.4) is 0 Å². The molecule has 1 unspecified atom stereocenters. The molecule has 1 rings (SSSR count). The van der Waals surface area contributed by atoms with Crippen LogP contribution in [0.5, 0.6) is 0 Å². The Morgan fingerprint density at radius 3 is 1.59 bits per heavy atom. The molecule has 1 heterocycles. The summed E-state index contributed by atoms with van der Waals surface area (Å²) in [7, 11) is 0. The molecule has 0 bridgehead atoms. The fraction of sp³-hybridized carbons (Fsp3) is 0.911. The highest BCUT2D eigenvalue weighted by molar-refractivity contribution is 5.69. The van der Waals surface area contributed by atoms with Gasteiger partial charge in [0.05, 0.1) is 12.6 Å². The van der Waals surface area contributed by atoms with E-state index >= 15 is 0 Å². The smallest absolute Gasteiger partial charge is 0.306 e. The molecule has 0 aliphatic rings. The molecule has 0 spiro atoms. The molecule has 0 saturated carbocycles. The van der Waals surface area contributed by atoms with Crippen molar-refractivity contribution in [2.45, 2.75) is 245 Å². The van der Waals surface area contributed by atoms with Gasteiger partial charge in [-0.05, 0) is 64.5 Å². The summed E-state index contributed by atoms with van der Waals surface area (Å²) in [4.78, 5) is 15.3. The van der Waals surface area contributed by atoms with Gasteiger partial charge in [0.15, 0.2) is 0 Å². The van der Waals surface area contributed by atoms with Crippen molar-refractivity contribution in [3.8, 4) is 0 Å². The van der Waals surface area contributed by atoms with E-state index in [0.717, 1.165) is 77.5 Å². The molecule has 0 radical (unpaired) electrons. The summed E-state index contributed by atoms with van der Waals surface area (Å²) in [5.41, 5.74) is 1.19. The van der Waals surface area contributed by atoms with Gasteiger partial charge in [-0.15, -0.1) is 0 Å². The number of nitrogens with zero attached hydrogens (tertiary/aromatic N) is 3. The highest BCUT2D eigenvalue weighted by atomic mass is 16.5. The van der Waals surface area contributed by atoms with E-state index in [9.17, 15) is 9.90 Å². The van der Waals surface area contributed by atoms with Crippen LogP contribution in [-0.2, 0) is 16.1 Å². The number of rotatable bonds is 39. The number of carbonyl (C=O) groups excluding carboxylic acids is 1. The van der Waals surface area contributed by atoms with Gasteiger partial charge in [-0.25, -0.2) is 0 Å². The molecule has 6 heteroatoms. The second-order valence-electron chi connectivity index (χ2n) is 15.9. The maximum Gasteiger partial charge on any atom is 0.306 e. The predicted molar refractivity (Wildman–Crippen MR) is 219 cm³/mol. The zero-order valence-electron chi connectivity index (χ0n) is 34.7. The third kappa shape index (κ3) is 29.7. The van der Waals surface area contributed by atoms with Crippen molar-refractivity contribution in [1.29, 1.82) is 0 Å². The first-order valence-electron chi connectivity index (χ1n) is 22.6. The van der Waals surface area contributed by atoms with Gasteiger partial charge in [0.25, 0.3) is 0 Å². The van der Waals surface area contributed by atoms with E-state index in [1.807, 2.05) is 6.20 Å². The second-order valence-corrected chi connectivity index (χ2v) is 15.9. The Bertz CT molecular complexity index is 859. The molecule has 1 aromatic heterocycles. The normalized spacial score (nSPS) is 12.4. The summed E-state index contributed by atoms with van der Waals surface area (Å²) in [6.07, 6.45) is 39.5. The molecule has 0 saturated heterocycles. The van der Waals surface area contributed by atoms with E-state index in [4.69, 9.17) is 4.74 Å². The van der Waals surface area contributed by atoms with Crippen molar-refractivity contribution >= 4 is 5.97 Å². The van der Waals surface area contributed by atoms with E-state index < -0.39 is 0 Å². The van der Waals surface area contributed by atoms with E-state index in [1.54, 1.807) is 0 Å². The number of ether oxygens (including phenoxy) is 1. The molecule has 1 atom stereocenters. The molecule has 6 nitrogen and oxygen atoms in total. The summed E-state index contributed by atoms with van der Waals surface area (Å²) in [5.74, 6) is 0.0217. The predicted octanol–water partition coefficient (Wildman–Crippen LogP) is 12.9. The van der Waals surface area contributed by atoms with Crippen LogP contribution < -0.4 is 0 Å². The molecule has 0 amide bonds. The molecule has 0 aliphatic carbocycles. The first-order valence-corrected chi connectivity index (χ1v) is 22.6. The minimum Gasteiger partial charge on any atom is -0.462 e. The average Bonchev–Trinajstić information content (AvgIpc) is 3.54. The lowest BCUT2D eigenvalue weighted by Gasteiger charge is -2.25. The standard InChI is InChI=1S/C45H87N3O3/c1-5-8-11-14-17-18-19-20-22-27-32-43(49)41-47(39-40-48-42(4)36-37-46-48)38-31-26-21-25-30-35-45(50)51-44(33-28-23-15-12-9-6-2)34-29-24-16-13-10-7-3/h36-37,43-44,49H,5-35,38-41H2,1-4H3. The number of unbranched alkanes of at least 4 members (excludes halogenated alkanes) is 23. The molecular formula is C45H87N3O3. The third-order valence-electron chi connectivity index (χ3n) is 10.8. The van der Waals surface area contributed by atoms with Crippen molar-refractivity contribution in [3.05, 3.63) is 18.0 Å². The highest BCUT2D eigenvalue weighted by Crippen LogP contribution is 2.19. The van der Waals surface area contributed by atoms with Crippen LogP contribution in [0.25, 0.3) is 0 Å². The van der Waals surface area contributed by atoms with E-state index in [-0.39, 0.29) is 18.2 Å². The molecule has 51 heavy (non-hydrogen) atoms. The summed E-state index contributed by atoms with van der Waals surface area (Å²) >= 11 is 0. The summed E-state index contributed by atoms with van der Waals surface area (Å²) in [6, 6.07) is 2.06. The Hall–Kier alpha value is -1.40. The highest BCUT2D eigenvalue weighted by Gasteiger charge is 2.15. The summed E-state index contributed by atoms with van der Waals surface area (Å²) < 4.78 is 8.14. The Morgan fingerprint density at radius 1 is 0.647 bits per heavy atom. The van der Waals surface area contributed by atoms with Gasteiger partial charge < -0.3 is 9.84 Å². The minimum atomic E-state index is -0.255. The topological polar surface area (TPSA) is 67.6 Å². The third-order valence-corrected chi connectivity index (χ3v) is 10.8. The van der Waals surface area contributed by atoms with Gasteiger partial charge in [0.1, 0.15) is 6.10 Å². The zero-order valence-corrected chi connectivity index (χ0v) is 34.7. The summed E-state index contributed by atoms with van der Waals surface area (Å²) in [6.45, 7) is 12.5. The molecule has 300 valence electrons. The van der Waals surface area contributed by atoms with Gasteiger partial charge in [-0.2, -0.15) is 5.10 Å². The lowest BCUT2D eigenvalue weighted by molar-refractivity contribution is -0.150. The van der Waals surface area contributed by atoms with Crippen LogP contribution in [0.15, 0.2) is 12.3 Å².